The predicted octanol–water partition coefficient (Wildman–Crippen LogP) is -6.90. The number of guanidine groups is 1. The maximum absolute atomic E-state index is 13.5. The zero-order chi connectivity index (χ0) is 60.9. The van der Waals surface area contributed by atoms with Gasteiger partial charge >= 0.3 is 29.8 Å². The van der Waals surface area contributed by atoms with E-state index in [0.29, 0.717) is 12.7 Å². The molecule has 454 valence electrons. The predicted molar refractivity (Wildman–Crippen MR) is 288 cm³/mol. The molecule has 0 saturated carbocycles. The summed E-state index contributed by atoms with van der Waals surface area (Å²) in [7, 11) is 1.58. The molecule has 1 aromatic carbocycles. The van der Waals surface area contributed by atoms with Gasteiger partial charge in [0.2, 0.25) is 29.5 Å². The quantitative estimate of drug-likeness (QED) is 0.00950. The first-order valence-corrected chi connectivity index (χ1v) is 26.1. The fraction of sp³-hybridized carbons (Fsp3) is 0.667. The van der Waals surface area contributed by atoms with E-state index in [0.717, 1.165) is 0 Å². The number of amides is 5. The van der Waals surface area contributed by atoms with E-state index in [1.165, 1.54) is 9.80 Å². The van der Waals surface area contributed by atoms with Crippen molar-refractivity contribution >= 4 is 83.0 Å². The molecule has 17 N–H and O–H groups in total. The normalized spacial score (nSPS) is 15.1. The summed E-state index contributed by atoms with van der Waals surface area (Å²) in [5.41, 5.74) is 8.57. The van der Waals surface area contributed by atoms with Crippen molar-refractivity contribution in [3.8, 4) is 0 Å². The Hall–Kier alpha value is -7.88. The van der Waals surface area contributed by atoms with Crippen molar-refractivity contribution < 1.29 is 83.4 Å². The third-order valence-corrected chi connectivity index (χ3v) is 12.6. The van der Waals surface area contributed by atoms with Crippen LogP contribution in [-0.2, 0) is 52.7 Å². The maximum atomic E-state index is 13.5. The Balaban J connectivity index is 2.02. The number of carbonyl (C=O) groups is 11. The van der Waals surface area contributed by atoms with Crippen molar-refractivity contribution in [1.82, 2.24) is 46.6 Å². The van der Waals surface area contributed by atoms with Gasteiger partial charge in [0, 0.05) is 58.9 Å². The van der Waals surface area contributed by atoms with Gasteiger partial charge in [0.1, 0.15) is 53.9 Å². The highest BCUT2D eigenvalue weighted by atomic mass is 16.4. The molecule has 6 atom stereocenters. The first kappa shape index (κ1) is 69.2. The van der Waals surface area contributed by atoms with E-state index in [4.69, 9.17) is 16.6 Å². The summed E-state index contributed by atoms with van der Waals surface area (Å²) in [6.45, 7) is 2.45. The number of aliphatic carboxylic acids is 5. The topological polar surface area (TPSA) is 505 Å². The van der Waals surface area contributed by atoms with Crippen molar-refractivity contribution in [2.45, 2.75) is 101 Å². The van der Waals surface area contributed by atoms with E-state index in [2.05, 4.69) is 42.2 Å². The van der Waals surface area contributed by atoms with Crippen molar-refractivity contribution in [2.24, 2.45) is 22.4 Å². The summed E-state index contributed by atoms with van der Waals surface area (Å²) >= 11 is 0. The van der Waals surface area contributed by atoms with Crippen LogP contribution < -0.4 is 64.4 Å². The van der Waals surface area contributed by atoms with Crippen LogP contribution >= 0.6 is 0 Å². The number of nitrogens with two attached hydrogens (primary N) is 2. The highest BCUT2D eigenvalue weighted by molar-refractivity contribution is 5.97. The van der Waals surface area contributed by atoms with Crippen LogP contribution in [0.15, 0.2) is 14.6 Å². The van der Waals surface area contributed by atoms with E-state index in [1.807, 2.05) is 0 Å². The number of likely N-dealkylation sites (N-methyl/N-ethyl adjacent to an activating group) is 1. The third-order valence-electron chi connectivity index (χ3n) is 12.6. The van der Waals surface area contributed by atoms with Gasteiger partial charge in [-0.3, -0.25) is 72.4 Å². The zero-order valence-corrected chi connectivity index (χ0v) is 45.6. The molecule has 1 heterocycles. The van der Waals surface area contributed by atoms with E-state index in [1.54, 1.807) is 30.7 Å². The van der Waals surface area contributed by atoms with Crippen LogP contribution in [0.3, 0.4) is 0 Å². The number of aliphatic hydroxyl groups excluding tert-OH is 1. The summed E-state index contributed by atoms with van der Waals surface area (Å²) in [5, 5.41) is 74.6. The van der Waals surface area contributed by atoms with Crippen molar-refractivity contribution in [2.75, 3.05) is 109 Å². The first-order valence-electron chi connectivity index (χ1n) is 26.1. The third kappa shape index (κ3) is 25.4. The van der Waals surface area contributed by atoms with Gasteiger partial charge < -0.3 is 89.0 Å². The number of nitrogens with zero attached hydrogens (tertiary/aromatic N) is 5. The lowest BCUT2D eigenvalue weighted by atomic mass is 10.0. The molecule has 1 fully saturated rings. The van der Waals surface area contributed by atoms with E-state index in [-0.39, 0.29) is 140 Å². The van der Waals surface area contributed by atoms with Gasteiger partial charge in [0.05, 0.1) is 39.2 Å². The molecule has 33 nitrogen and oxygen atoms in total. The maximum Gasteiger partial charge on any atom is 0.326 e. The Labute approximate surface area is 465 Å². The molecule has 0 aromatic heterocycles. The number of rotatable bonds is 43. The fourth-order valence-electron chi connectivity index (χ4n) is 8.51. The lowest BCUT2D eigenvalue weighted by Gasteiger charge is -2.29. The highest BCUT2D eigenvalue weighted by Crippen LogP contribution is 2.29. The molecule has 0 spiro atoms. The van der Waals surface area contributed by atoms with Gasteiger partial charge in [0.15, 0.2) is 5.96 Å². The molecule has 5 amide bonds. The van der Waals surface area contributed by atoms with Crippen LogP contribution in [0, 0.1) is 5.92 Å². The monoisotopic (exact) mass is 1150 g/mol. The Morgan fingerprint density at radius 3 is 1.90 bits per heavy atom. The van der Waals surface area contributed by atoms with Gasteiger partial charge in [-0.25, -0.2) is 4.79 Å². The van der Waals surface area contributed by atoms with Crippen LogP contribution in [0.4, 0.5) is 11.4 Å². The minimum absolute atomic E-state index is 0.0280. The average molecular weight is 1160 g/mol. The Morgan fingerprint density at radius 1 is 0.716 bits per heavy atom. The molecule has 1 aromatic rings. The number of anilines is 2. The fourth-order valence-corrected chi connectivity index (χ4v) is 8.51. The number of aldehydes is 1. The summed E-state index contributed by atoms with van der Waals surface area (Å²) in [4.78, 5) is 172. The molecule has 1 unspecified atom stereocenters. The van der Waals surface area contributed by atoms with Gasteiger partial charge in [-0.1, -0.05) is 13.8 Å². The van der Waals surface area contributed by atoms with Crippen LogP contribution in [0.1, 0.15) is 65.2 Å². The largest absolute Gasteiger partial charge is 0.481 e. The van der Waals surface area contributed by atoms with Gasteiger partial charge in [-0.15, -0.1) is 0 Å². The Bertz CT molecular complexity index is 2430. The molecular weight excluding hydrogens is 1080 g/mol. The van der Waals surface area contributed by atoms with E-state index < -0.39 is 126 Å². The molecule has 2 rings (SSSR count). The van der Waals surface area contributed by atoms with Gasteiger partial charge in [-0.05, 0) is 57.9 Å². The average Bonchev–Trinajstić information content (AvgIpc) is 4.14. The number of aliphatic imine (C=N–C) groups is 1. The molecule has 0 aliphatic carbocycles. The first-order chi connectivity index (χ1) is 38.2. The molecule has 33 heteroatoms. The minimum Gasteiger partial charge on any atom is -0.481 e. The van der Waals surface area contributed by atoms with Crippen LogP contribution in [0.2, 0.25) is 0 Å². The second-order valence-electron chi connectivity index (χ2n) is 19.6. The van der Waals surface area contributed by atoms with Gasteiger partial charge in [-0.2, -0.15) is 0 Å². The lowest BCUT2D eigenvalue weighted by molar-refractivity contribution is -0.143. The molecule has 0 bridgehead atoms. The SMILES string of the molecule is CC(C)C[C@H](NC(=O)[C@H](CC(=O)O)NC(=O)CNC(=O)[C@@H]1CCCN1c1c(NCCCC(NCCN(CC=O)CCN(CCN(C)CC(=O)O)CC(=O)O)C(=O)O)c(=O)c1=O)C(=O)N[C@@H](CO)C(=O)N[C@@H](CCCN=C(N)N)C(=O)O. The van der Waals surface area contributed by atoms with Crippen molar-refractivity contribution in [3.05, 3.63) is 20.4 Å². The van der Waals surface area contributed by atoms with E-state index in [9.17, 15) is 87.9 Å². The van der Waals surface area contributed by atoms with Crippen LogP contribution in [-0.4, -0.2) is 252 Å². The number of nitrogens with one attached hydrogen (secondary N) is 7. The summed E-state index contributed by atoms with van der Waals surface area (Å²) in [5.74, 6) is -11.9. The molecule has 81 heavy (non-hydrogen) atoms. The summed E-state index contributed by atoms with van der Waals surface area (Å²) in [6.07, 6.45) is 0.355. The summed E-state index contributed by atoms with van der Waals surface area (Å²) in [6, 6.07) is -8.60. The van der Waals surface area contributed by atoms with E-state index >= 15 is 0 Å². The number of hydrogen-bond donors (Lipinski definition) is 15. The second-order valence-corrected chi connectivity index (χ2v) is 19.6. The highest BCUT2D eigenvalue weighted by Gasteiger charge is 2.38. The number of aliphatic hydroxyl groups is 1. The summed E-state index contributed by atoms with van der Waals surface area (Å²) < 4.78 is 0. The number of carbonyl (C=O) groups excluding carboxylic acids is 6. The Kier molecular flexibility index (Phi) is 30.5. The number of carboxylic acids is 5. The molecule has 0 radical (unpaired) electrons. The van der Waals surface area contributed by atoms with Gasteiger partial charge in [0.25, 0.3) is 10.9 Å². The molecule has 1 saturated heterocycles. The van der Waals surface area contributed by atoms with Crippen LogP contribution in [0.25, 0.3) is 0 Å². The van der Waals surface area contributed by atoms with Crippen molar-refractivity contribution in [3.63, 3.8) is 0 Å². The molecule has 1 aliphatic heterocycles. The number of hydrogen-bond acceptors (Lipinski definition) is 21. The Morgan fingerprint density at radius 2 is 1.31 bits per heavy atom. The molecule has 1 aliphatic rings. The zero-order valence-electron chi connectivity index (χ0n) is 45.6. The van der Waals surface area contributed by atoms with Crippen LogP contribution in [0.5, 0.6) is 0 Å². The van der Waals surface area contributed by atoms with Crippen molar-refractivity contribution in [1.29, 1.82) is 0 Å². The molecular formula is C48H78N14O19. The minimum atomic E-state index is -1.82. The standard InChI is InChI=1S/C48H78N14O19/c1-27(2)21-30(42(74)58-32(26-64)44(76)56-29(47(80)81)8-5-11-53-48(49)50)57-43(75)31(22-35(66)67)55-34(65)23-54-45(77)33-9-6-13-62(33)39-38(40(72)41(39)73)52-10-4-7-28(46(78)79)51-12-14-60(19-20-63)17-18-61(25-37(70)71)16-15-59(3)24-36(68)69/h20,27-33,51-52,64H,4-19,21-26H2,1-3H3,(H,54,77)(H,55,65)(H,56,76)(H,57,75)(H,58,74)(H,66,67)(H,68,69)(H,70,71)(H,78,79)(H,80,81)(H4,49,50,53)/t28?,29-,30-,31-,32-,33-/m0/s1. The smallest absolute Gasteiger partial charge is 0.326 e. The number of carboxylic acid groups (broad SMARTS) is 5. The second kappa shape index (κ2) is 35.7. The lowest BCUT2D eigenvalue weighted by Crippen LogP contribution is -2.59.